The highest BCUT2D eigenvalue weighted by atomic mass is 32.1. The lowest BCUT2D eigenvalue weighted by Crippen LogP contribution is -2.14. The number of thiazole rings is 1. The van der Waals surface area contributed by atoms with Gasteiger partial charge in [-0.25, -0.2) is 9.97 Å². The molecule has 1 aromatic carbocycles. The van der Waals surface area contributed by atoms with Crippen LogP contribution in [0.2, 0.25) is 0 Å². The van der Waals surface area contributed by atoms with E-state index in [2.05, 4.69) is 20.6 Å². The largest absolute Gasteiger partial charge is 0.307 e. The van der Waals surface area contributed by atoms with Crippen LogP contribution < -0.4 is 10.6 Å². The predicted octanol–water partition coefficient (Wildman–Crippen LogP) is 3.31. The molecule has 0 aliphatic rings. The van der Waals surface area contributed by atoms with E-state index in [1.54, 1.807) is 18.3 Å². The first-order chi connectivity index (χ1) is 15.4. The number of carbonyl (C=O) groups excluding carboxylic acids is 2. The maximum absolute atomic E-state index is 12.3. The second-order valence-electron chi connectivity index (χ2n) is 7.15. The number of likely N-dealkylation sites (N-methyl/N-ethyl adjacent to an activating group) is 1. The van der Waals surface area contributed by atoms with Crippen molar-refractivity contribution >= 4 is 34.1 Å². The molecular formula is C23H22N6O2S. The Bertz CT molecular complexity index is 1160. The Labute approximate surface area is 190 Å². The summed E-state index contributed by atoms with van der Waals surface area (Å²) in [5, 5.41) is 14.7. The van der Waals surface area contributed by atoms with Crippen LogP contribution in [0, 0.1) is 11.3 Å². The van der Waals surface area contributed by atoms with Crippen LogP contribution in [0.15, 0.2) is 60.9 Å². The smallest absolute Gasteiger partial charge is 0.249 e. The summed E-state index contributed by atoms with van der Waals surface area (Å²) in [6, 6.07) is 13.2. The minimum atomic E-state index is -0.234. The van der Waals surface area contributed by atoms with E-state index in [0.717, 1.165) is 28.0 Å². The van der Waals surface area contributed by atoms with Gasteiger partial charge in [-0.2, -0.15) is 5.26 Å². The molecule has 3 rings (SSSR count). The van der Waals surface area contributed by atoms with Gasteiger partial charge in [-0.05, 0) is 37.4 Å². The van der Waals surface area contributed by atoms with Gasteiger partial charge in [-0.15, -0.1) is 0 Å². The zero-order valence-electron chi connectivity index (χ0n) is 17.7. The van der Waals surface area contributed by atoms with Crippen molar-refractivity contribution in [2.45, 2.75) is 6.42 Å². The molecule has 3 aromatic rings. The van der Waals surface area contributed by atoms with Crippen LogP contribution in [0.25, 0.3) is 11.1 Å². The highest BCUT2D eigenvalue weighted by Crippen LogP contribution is 2.22. The van der Waals surface area contributed by atoms with Gasteiger partial charge in [0.15, 0.2) is 5.13 Å². The molecule has 0 saturated carbocycles. The second-order valence-corrected chi connectivity index (χ2v) is 8.18. The van der Waals surface area contributed by atoms with Gasteiger partial charge in [-0.1, -0.05) is 41.7 Å². The Kier molecular flexibility index (Phi) is 7.80. The maximum atomic E-state index is 12.3. The number of rotatable bonds is 8. The molecule has 0 radical (unpaired) electrons. The molecule has 32 heavy (non-hydrogen) atoms. The van der Waals surface area contributed by atoms with Crippen LogP contribution in [-0.2, 0) is 16.0 Å². The van der Waals surface area contributed by atoms with Crippen molar-refractivity contribution in [3.05, 3.63) is 71.4 Å². The fourth-order valence-corrected chi connectivity index (χ4v) is 3.40. The summed E-state index contributed by atoms with van der Waals surface area (Å²) in [5.74, 6) is 0.0192. The highest BCUT2D eigenvalue weighted by molar-refractivity contribution is 7.16. The van der Waals surface area contributed by atoms with Crippen molar-refractivity contribution in [2.75, 3.05) is 31.3 Å². The molecule has 0 atom stereocenters. The Morgan fingerprint density at radius 2 is 1.97 bits per heavy atom. The van der Waals surface area contributed by atoms with Crippen molar-refractivity contribution in [3.8, 4) is 17.2 Å². The first kappa shape index (κ1) is 22.8. The van der Waals surface area contributed by atoms with Crippen molar-refractivity contribution in [2.24, 2.45) is 0 Å². The molecule has 9 heteroatoms. The van der Waals surface area contributed by atoms with Gasteiger partial charge < -0.3 is 15.5 Å². The van der Waals surface area contributed by atoms with E-state index < -0.39 is 0 Å². The number of nitrogens with zero attached hydrogens (tertiary/aromatic N) is 4. The first-order valence-electron chi connectivity index (χ1n) is 9.76. The Balaban J connectivity index is 1.60. The van der Waals surface area contributed by atoms with Gasteiger partial charge in [0.1, 0.15) is 16.8 Å². The molecule has 0 fully saturated rings. The van der Waals surface area contributed by atoms with Crippen molar-refractivity contribution in [1.82, 2.24) is 14.9 Å². The van der Waals surface area contributed by atoms with Crippen molar-refractivity contribution in [3.63, 3.8) is 0 Å². The molecule has 0 saturated heterocycles. The van der Waals surface area contributed by atoms with Crippen LogP contribution in [0.5, 0.6) is 0 Å². The number of amides is 2. The van der Waals surface area contributed by atoms with Crippen LogP contribution in [-0.4, -0.2) is 47.3 Å². The van der Waals surface area contributed by atoms with Gasteiger partial charge in [0.25, 0.3) is 0 Å². The third-order valence-electron chi connectivity index (χ3n) is 4.24. The Hall–Kier alpha value is -3.87. The van der Waals surface area contributed by atoms with E-state index >= 15 is 0 Å². The molecule has 8 nitrogen and oxygen atoms in total. The van der Waals surface area contributed by atoms with Gasteiger partial charge >= 0.3 is 0 Å². The molecule has 0 bridgehead atoms. The monoisotopic (exact) mass is 446 g/mol. The van der Waals surface area contributed by atoms with E-state index in [1.807, 2.05) is 55.4 Å². The Morgan fingerprint density at radius 3 is 2.66 bits per heavy atom. The summed E-state index contributed by atoms with van der Waals surface area (Å²) in [5.41, 5.74) is 2.61. The number of hydrogen-bond acceptors (Lipinski definition) is 7. The molecule has 162 valence electrons. The first-order valence-corrected chi connectivity index (χ1v) is 10.6. The molecule has 2 amide bonds. The number of aromatic nitrogens is 2. The molecule has 2 N–H and O–H groups in total. The van der Waals surface area contributed by atoms with Crippen LogP contribution >= 0.6 is 11.3 Å². The van der Waals surface area contributed by atoms with Crippen molar-refractivity contribution in [1.29, 1.82) is 5.26 Å². The van der Waals surface area contributed by atoms with E-state index in [4.69, 9.17) is 5.26 Å². The fraction of sp³-hybridized carbons (Fsp3) is 0.174. The summed E-state index contributed by atoms with van der Waals surface area (Å²) in [4.78, 5) is 34.9. The van der Waals surface area contributed by atoms with E-state index in [9.17, 15) is 9.59 Å². The molecule has 0 unspecified atom stereocenters. The van der Waals surface area contributed by atoms with E-state index in [1.165, 1.54) is 12.3 Å². The lowest BCUT2D eigenvalue weighted by Gasteiger charge is -2.07. The number of pyridine rings is 1. The zero-order chi connectivity index (χ0) is 22.9. The molecule has 0 aliphatic heterocycles. The van der Waals surface area contributed by atoms with Crippen LogP contribution in [0.4, 0.5) is 10.9 Å². The van der Waals surface area contributed by atoms with Crippen LogP contribution in [0.3, 0.4) is 0 Å². The SMILES string of the molecule is CN(C)C/C=C/C(=O)Nc1ccc(-c2cccc(CC(=O)Nc3ncc(C#N)s3)c2)cn1. The van der Waals surface area contributed by atoms with Gasteiger partial charge in [0.2, 0.25) is 11.8 Å². The average molecular weight is 447 g/mol. The third kappa shape index (κ3) is 6.84. The summed E-state index contributed by atoms with van der Waals surface area (Å²) in [7, 11) is 3.85. The number of hydrogen-bond donors (Lipinski definition) is 2. The van der Waals surface area contributed by atoms with Crippen molar-refractivity contribution < 1.29 is 9.59 Å². The predicted molar refractivity (Wildman–Crippen MR) is 125 cm³/mol. The molecule has 0 spiro atoms. The average Bonchev–Trinajstić information content (AvgIpc) is 3.21. The zero-order valence-corrected chi connectivity index (χ0v) is 18.5. The van der Waals surface area contributed by atoms with E-state index in [0.29, 0.717) is 22.4 Å². The van der Waals surface area contributed by atoms with Gasteiger partial charge in [0, 0.05) is 24.4 Å². The molecule has 0 aliphatic carbocycles. The molecule has 2 aromatic heterocycles. The summed E-state index contributed by atoms with van der Waals surface area (Å²) in [6.45, 7) is 0.679. The normalized spacial score (nSPS) is 10.8. The highest BCUT2D eigenvalue weighted by Gasteiger charge is 2.09. The topological polar surface area (TPSA) is 111 Å². The van der Waals surface area contributed by atoms with E-state index in [-0.39, 0.29) is 18.2 Å². The van der Waals surface area contributed by atoms with Crippen LogP contribution in [0.1, 0.15) is 10.4 Å². The number of carbonyl (C=O) groups is 2. The quantitative estimate of drug-likeness (QED) is 0.514. The van der Waals surface area contributed by atoms with Gasteiger partial charge in [0.05, 0.1) is 12.6 Å². The minimum Gasteiger partial charge on any atom is -0.307 e. The summed E-state index contributed by atoms with van der Waals surface area (Å²) >= 11 is 1.13. The second kappa shape index (κ2) is 10.9. The number of nitrogens with one attached hydrogen (secondary N) is 2. The number of nitriles is 1. The standard InChI is InChI=1S/C23H22N6O2S/c1-29(2)10-4-7-21(30)27-20-9-8-18(14-25-20)17-6-3-5-16(11-17)12-22(31)28-23-26-15-19(13-24)32-23/h3-9,11,14-15H,10,12H2,1-2H3,(H,25,27,30)(H,26,28,31)/b7-4+. The van der Waals surface area contributed by atoms with Gasteiger partial charge in [-0.3, -0.25) is 9.59 Å². The summed E-state index contributed by atoms with van der Waals surface area (Å²) in [6.07, 6.45) is 6.55. The number of benzene rings is 1. The lowest BCUT2D eigenvalue weighted by molar-refractivity contribution is -0.115. The lowest BCUT2D eigenvalue weighted by atomic mass is 10.0. The minimum absolute atomic E-state index is 0.177. The summed E-state index contributed by atoms with van der Waals surface area (Å²) < 4.78 is 0. The maximum Gasteiger partial charge on any atom is 0.249 e. The molecule has 2 heterocycles. The molecular weight excluding hydrogens is 424 g/mol. The fourth-order valence-electron chi connectivity index (χ4n) is 2.77. The third-order valence-corrected chi connectivity index (χ3v) is 5.06. The number of anilines is 2. The Morgan fingerprint density at radius 1 is 1.12 bits per heavy atom.